The molecule has 2 rings (SSSR count). The molecule has 1 aliphatic rings. The third-order valence-corrected chi connectivity index (χ3v) is 4.50. The lowest BCUT2D eigenvalue weighted by Crippen LogP contribution is -2.43. The Balaban J connectivity index is 2.16. The number of rotatable bonds is 5. The van der Waals surface area contributed by atoms with E-state index in [0.717, 1.165) is 13.1 Å². The highest BCUT2D eigenvalue weighted by Crippen LogP contribution is 2.31. The van der Waals surface area contributed by atoms with Crippen LogP contribution in [0.3, 0.4) is 0 Å². The Labute approximate surface area is 124 Å². The van der Waals surface area contributed by atoms with E-state index >= 15 is 0 Å². The Hall–Kier alpha value is -0.900. The summed E-state index contributed by atoms with van der Waals surface area (Å²) in [7, 11) is 8.66. The van der Waals surface area contributed by atoms with E-state index < -0.39 is 0 Å². The molecular formula is C17H29N3. The first-order valence-electron chi connectivity index (χ1n) is 7.73. The maximum absolute atomic E-state index is 3.56. The van der Waals surface area contributed by atoms with Crippen LogP contribution in [0, 0.1) is 0 Å². The summed E-state index contributed by atoms with van der Waals surface area (Å²) in [5, 5.41) is 3.56. The molecule has 20 heavy (non-hydrogen) atoms. The first-order chi connectivity index (χ1) is 9.63. The molecule has 112 valence electrons. The second-order valence-corrected chi connectivity index (χ2v) is 6.21. The number of benzene rings is 1. The Bertz CT molecular complexity index is 416. The summed E-state index contributed by atoms with van der Waals surface area (Å²) >= 11 is 0. The van der Waals surface area contributed by atoms with Gasteiger partial charge in [-0.25, -0.2) is 0 Å². The van der Waals surface area contributed by atoms with E-state index in [-0.39, 0.29) is 0 Å². The van der Waals surface area contributed by atoms with Gasteiger partial charge in [-0.05, 0) is 58.6 Å². The summed E-state index contributed by atoms with van der Waals surface area (Å²) in [6.45, 7) is 2.24. The largest absolute Gasteiger partial charge is 0.312 e. The van der Waals surface area contributed by atoms with E-state index in [1.807, 2.05) is 0 Å². The minimum Gasteiger partial charge on any atom is -0.312 e. The molecule has 2 atom stereocenters. The third kappa shape index (κ3) is 3.60. The van der Waals surface area contributed by atoms with Crippen molar-refractivity contribution < 1.29 is 0 Å². The van der Waals surface area contributed by atoms with Crippen LogP contribution >= 0.6 is 0 Å². The fraction of sp³-hybridized carbons (Fsp3) is 0.647. The summed E-state index contributed by atoms with van der Waals surface area (Å²) in [4.78, 5) is 4.79. The summed E-state index contributed by atoms with van der Waals surface area (Å²) in [5.74, 6) is 0. The van der Waals surface area contributed by atoms with Crippen molar-refractivity contribution in [3.63, 3.8) is 0 Å². The molecule has 3 nitrogen and oxygen atoms in total. The van der Waals surface area contributed by atoms with Gasteiger partial charge >= 0.3 is 0 Å². The summed E-state index contributed by atoms with van der Waals surface area (Å²) in [6.07, 6.45) is 3.77. The van der Waals surface area contributed by atoms with E-state index in [1.165, 1.54) is 30.4 Å². The van der Waals surface area contributed by atoms with Crippen molar-refractivity contribution in [2.45, 2.75) is 31.3 Å². The fourth-order valence-electron chi connectivity index (χ4n) is 3.29. The molecule has 0 amide bonds. The highest BCUT2D eigenvalue weighted by Gasteiger charge is 2.29. The minimum atomic E-state index is 0.445. The standard InChI is InChI=1S/C17H29N3/c1-18-17-15-10-6-5-8-14(15)9-7-11-16(17)20(4)13-12-19(2)3/h5-6,8,10,16-18H,7,9,11-13H2,1-4H3. The lowest BCUT2D eigenvalue weighted by atomic mass is 9.95. The number of nitrogens with zero attached hydrogens (tertiary/aromatic N) is 2. The second-order valence-electron chi connectivity index (χ2n) is 6.21. The summed E-state index contributed by atoms with van der Waals surface area (Å²) in [6, 6.07) is 9.97. The van der Waals surface area contributed by atoms with Gasteiger partial charge in [0.05, 0.1) is 0 Å². The van der Waals surface area contributed by atoms with E-state index in [1.54, 1.807) is 0 Å². The highest BCUT2D eigenvalue weighted by molar-refractivity contribution is 5.32. The van der Waals surface area contributed by atoms with Crippen LogP contribution in [-0.4, -0.2) is 57.1 Å². The first kappa shape index (κ1) is 15.5. The maximum atomic E-state index is 3.56. The fourth-order valence-corrected chi connectivity index (χ4v) is 3.29. The summed E-state index contributed by atoms with van der Waals surface area (Å²) < 4.78 is 0. The second kappa shape index (κ2) is 7.21. The Kier molecular flexibility index (Phi) is 5.58. The number of aryl methyl sites for hydroxylation is 1. The Morgan fingerprint density at radius 3 is 2.60 bits per heavy atom. The zero-order chi connectivity index (χ0) is 14.5. The lowest BCUT2D eigenvalue weighted by Gasteiger charge is -2.34. The van der Waals surface area contributed by atoms with Crippen molar-refractivity contribution in [1.82, 2.24) is 15.1 Å². The molecule has 0 saturated heterocycles. The van der Waals surface area contributed by atoms with Crippen LogP contribution in [0.25, 0.3) is 0 Å². The molecule has 3 heteroatoms. The normalized spacial score (nSPS) is 22.9. The predicted molar refractivity (Wildman–Crippen MR) is 86.2 cm³/mol. The van der Waals surface area contributed by atoms with Gasteiger partial charge in [0, 0.05) is 25.2 Å². The number of hydrogen-bond acceptors (Lipinski definition) is 3. The van der Waals surface area contributed by atoms with E-state index in [0.29, 0.717) is 12.1 Å². The molecule has 0 aromatic heterocycles. The zero-order valence-corrected chi connectivity index (χ0v) is 13.4. The van der Waals surface area contributed by atoms with Crippen LogP contribution in [0.1, 0.15) is 30.0 Å². The molecule has 0 aliphatic heterocycles. The number of hydrogen-bond donors (Lipinski definition) is 1. The molecule has 0 fully saturated rings. The molecule has 1 aromatic rings. The Morgan fingerprint density at radius 1 is 1.15 bits per heavy atom. The molecule has 0 heterocycles. The molecule has 1 N–H and O–H groups in total. The minimum absolute atomic E-state index is 0.445. The van der Waals surface area contributed by atoms with Crippen LogP contribution in [0.5, 0.6) is 0 Å². The van der Waals surface area contributed by atoms with Crippen molar-refractivity contribution in [3.8, 4) is 0 Å². The van der Waals surface area contributed by atoms with Crippen molar-refractivity contribution in [3.05, 3.63) is 35.4 Å². The van der Waals surface area contributed by atoms with Crippen LogP contribution in [-0.2, 0) is 6.42 Å². The first-order valence-corrected chi connectivity index (χ1v) is 7.73. The van der Waals surface area contributed by atoms with Gasteiger partial charge < -0.3 is 15.1 Å². The molecule has 1 aliphatic carbocycles. The SMILES string of the molecule is CNC1c2ccccc2CCCC1N(C)CCN(C)C. The smallest absolute Gasteiger partial charge is 0.0478 e. The van der Waals surface area contributed by atoms with Crippen LogP contribution in [0.15, 0.2) is 24.3 Å². The molecule has 0 bridgehead atoms. The van der Waals surface area contributed by atoms with Crippen LogP contribution in [0.2, 0.25) is 0 Å². The third-order valence-electron chi connectivity index (χ3n) is 4.50. The van der Waals surface area contributed by atoms with E-state index in [2.05, 4.69) is 67.6 Å². The average molecular weight is 275 g/mol. The van der Waals surface area contributed by atoms with Gasteiger partial charge in [0.1, 0.15) is 0 Å². The van der Waals surface area contributed by atoms with Gasteiger partial charge in [0.15, 0.2) is 0 Å². The van der Waals surface area contributed by atoms with Gasteiger partial charge in [0.25, 0.3) is 0 Å². The highest BCUT2D eigenvalue weighted by atomic mass is 15.2. The molecule has 0 spiro atoms. The Morgan fingerprint density at radius 2 is 1.90 bits per heavy atom. The van der Waals surface area contributed by atoms with Gasteiger partial charge in [0.2, 0.25) is 0 Å². The van der Waals surface area contributed by atoms with Crippen LogP contribution < -0.4 is 5.32 Å². The lowest BCUT2D eigenvalue weighted by molar-refractivity contribution is 0.172. The molecular weight excluding hydrogens is 246 g/mol. The quantitative estimate of drug-likeness (QED) is 0.831. The monoisotopic (exact) mass is 275 g/mol. The van der Waals surface area contributed by atoms with Gasteiger partial charge in [-0.3, -0.25) is 0 Å². The van der Waals surface area contributed by atoms with Gasteiger partial charge in [-0.2, -0.15) is 0 Å². The average Bonchev–Trinajstić information content (AvgIpc) is 2.63. The number of fused-ring (bicyclic) bond motifs is 1. The topological polar surface area (TPSA) is 18.5 Å². The molecule has 2 unspecified atom stereocenters. The molecule has 0 radical (unpaired) electrons. The van der Waals surface area contributed by atoms with E-state index in [9.17, 15) is 0 Å². The molecule has 0 saturated carbocycles. The van der Waals surface area contributed by atoms with Crippen LogP contribution in [0.4, 0.5) is 0 Å². The van der Waals surface area contributed by atoms with Crippen molar-refractivity contribution in [2.24, 2.45) is 0 Å². The number of likely N-dealkylation sites (N-methyl/N-ethyl adjacent to an activating group) is 3. The zero-order valence-electron chi connectivity index (χ0n) is 13.4. The van der Waals surface area contributed by atoms with Crippen molar-refractivity contribution in [2.75, 3.05) is 41.3 Å². The summed E-state index contributed by atoms with van der Waals surface area (Å²) in [5.41, 5.74) is 3.02. The van der Waals surface area contributed by atoms with Gasteiger partial charge in [-0.15, -0.1) is 0 Å². The number of nitrogens with one attached hydrogen (secondary N) is 1. The van der Waals surface area contributed by atoms with Crippen molar-refractivity contribution >= 4 is 0 Å². The van der Waals surface area contributed by atoms with E-state index in [4.69, 9.17) is 0 Å². The maximum Gasteiger partial charge on any atom is 0.0478 e. The predicted octanol–water partition coefficient (Wildman–Crippen LogP) is 2.15. The van der Waals surface area contributed by atoms with Gasteiger partial charge in [-0.1, -0.05) is 24.3 Å². The molecule has 1 aromatic carbocycles. The van der Waals surface area contributed by atoms with Crippen molar-refractivity contribution in [1.29, 1.82) is 0 Å².